The van der Waals surface area contributed by atoms with E-state index in [1.54, 1.807) is 24.3 Å². The van der Waals surface area contributed by atoms with E-state index in [9.17, 15) is 15.0 Å². The Labute approximate surface area is 228 Å². The van der Waals surface area contributed by atoms with E-state index >= 15 is 0 Å². The first-order valence-corrected chi connectivity index (χ1v) is 7.10. The van der Waals surface area contributed by atoms with E-state index in [0.717, 1.165) is 10.0 Å². The molecule has 0 aliphatic rings. The average molecular weight is 424 g/mol. The smallest absolute Gasteiger partial charge is 0.872 e. The first-order valence-electron chi connectivity index (χ1n) is 6.31. The average Bonchev–Trinajstić information content (AvgIpc) is 2.47. The number of carbonyl (C=O) groups excluding carboxylic acids is 1. The van der Waals surface area contributed by atoms with Crippen molar-refractivity contribution in [1.82, 2.24) is 0 Å². The molecule has 0 fully saturated rings. The number of carboxylic acids is 1. The number of carboxylic acid groups (broad SMARTS) is 1. The van der Waals surface area contributed by atoms with Crippen molar-refractivity contribution in [3.63, 3.8) is 0 Å². The molecule has 0 spiro atoms. The van der Waals surface area contributed by atoms with E-state index < -0.39 is 12.0 Å². The monoisotopic (exact) mass is 423 g/mol. The summed E-state index contributed by atoms with van der Waals surface area (Å²) in [7, 11) is 0. The molecule has 4 nitrogen and oxygen atoms in total. The Morgan fingerprint density at radius 1 is 1.17 bits per heavy atom. The number of aliphatic imine (C=N–C) groups is 1. The third kappa shape index (κ3) is 8.37. The molecule has 0 aliphatic carbocycles. The Hall–Kier alpha value is 1.13. The van der Waals surface area contributed by atoms with Crippen molar-refractivity contribution in [2.75, 3.05) is 0 Å². The van der Waals surface area contributed by atoms with Gasteiger partial charge in [-0.05, 0) is 23.3 Å². The van der Waals surface area contributed by atoms with Crippen LogP contribution in [-0.4, -0.2) is 12.2 Å². The summed E-state index contributed by atoms with van der Waals surface area (Å²) in [5, 5.41) is 22.6. The molecule has 0 radical (unpaired) electrons. The van der Waals surface area contributed by atoms with Gasteiger partial charge in [0.2, 0.25) is 0 Å². The van der Waals surface area contributed by atoms with Gasteiger partial charge >= 0.3 is 103 Å². The number of benzene rings is 2. The fourth-order valence-electron chi connectivity index (χ4n) is 1.88. The maximum absolute atomic E-state index is 11.7. The Balaban J connectivity index is 0.00000242. The van der Waals surface area contributed by atoms with Crippen LogP contribution in [0.4, 0.5) is 0 Å². The molecular weight excluding hydrogens is 412 g/mol. The number of hydrogen-bond acceptors (Lipinski definition) is 4. The zero-order chi connectivity index (χ0) is 15.2. The standard InChI is InChI=1S/C16H14BrNO3.2K/c17-13-6-7-15(19)12(8-13)10-18-14(9-16(20)21)11-4-2-1-3-5-11;;/h1-8,10,14,19H,9H2,(H,20,21);;/q;2*+1/p-2/t14-;;/m0../s1. The van der Waals surface area contributed by atoms with Crippen LogP contribution in [0.5, 0.6) is 5.75 Å². The quantitative estimate of drug-likeness (QED) is 0.361. The van der Waals surface area contributed by atoms with E-state index in [2.05, 4.69) is 20.9 Å². The molecule has 0 bridgehead atoms. The van der Waals surface area contributed by atoms with Gasteiger partial charge < -0.3 is 15.0 Å². The van der Waals surface area contributed by atoms with Crippen LogP contribution >= 0.6 is 15.9 Å². The van der Waals surface area contributed by atoms with Crippen LogP contribution in [0.25, 0.3) is 0 Å². The predicted octanol–water partition coefficient (Wildman–Crippen LogP) is -4.17. The van der Waals surface area contributed by atoms with Crippen molar-refractivity contribution < 1.29 is 118 Å². The van der Waals surface area contributed by atoms with E-state index in [1.165, 1.54) is 12.3 Å². The molecule has 108 valence electrons. The summed E-state index contributed by atoms with van der Waals surface area (Å²) in [6.07, 6.45) is 1.18. The molecule has 0 saturated carbocycles. The fraction of sp³-hybridized carbons (Fsp3) is 0.125. The number of hydrogen-bond donors (Lipinski definition) is 0. The summed E-state index contributed by atoms with van der Waals surface area (Å²) < 4.78 is 0.764. The number of rotatable bonds is 5. The SMILES string of the molecule is O=C([O-])C[C@H](N=Cc1cc(Br)ccc1[O-])c1ccccc1.[K+].[K+]. The number of aliphatic carboxylic acids is 1. The predicted molar refractivity (Wildman–Crippen MR) is 80.0 cm³/mol. The van der Waals surface area contributed by atoms with E-state index in [4.69, 9.17) is 0 Å². The molecule has 0 heterocycles. The van der Waals surface area contributed by atoms with E-state index in [1.807, 2.05) is 18.2 Å². The van der Waals surface area contributed by atoms with Crippen LogP contribution in [-0.2, 0) is 4.79 Å². The first kappa shape index (κ1) is 24.1. The van der Waals surface area contributed by atoms with Crippen LogP contribution in [0.2, 0.25) is 0 Å². The van der Waals surface area contributed by atoms with Crippen molar-refractivity contribution in [3.05, 3.63) is 64.1 Å². The van der Waals surface area contributed by atoms with Gasteiger partial charge in [-0.3, -0.25) is 4.99 Å². The Morgan fingerprint density at radius 2 is 1.83 bits per heavy atom. The Bertz CT molecular complexity index is 666. The van der Waals surface area contributed by atoms with Gasteiger partial charge in [0, 0.05) is 23.1 Å². The van der Waals surface area contributed by atoms with Gasteiger partial charge in [-0.15, -0.1) is 0 Å². The van der Waals surface area contributed by atoms with Gasteiger partial charge in [0.25, 0.3) is 0 Å². The topological polar surface area (TPSA) is 75.5 Å². The second-order valence-corrected chi connectivity index (χ2v) is 5.38. The third-order valence-electron chi connectivity index (χ3n) is 2.91. The molecule has 0 saturated heterocycles. The minimum absolute atomic E-state index is 0. The molecule has 0 aromatic heterocycles. The summed E-state index contributed by atoms with van der Waals surface area (Å²) in [6, 6.07) is 13.2. The van der Waals surface area contributed by atoms with Crippen LogP contribution in [0.1, 0.15) is 23.6 Å². The summed E-state index contributed by atoms with van der Waals surface area (Å²) in [5.41, 5.74) is 1.17. The molecule has 7 heteroatoms. The van der Waals surface area contributed by atoms with Gasteiger partial charge in [-0.25, -0.2) is 0 Å². The van der Waals surface area contributed by atoms with Gasteiger partial charge in [0.05, 0.1) is 6.04 Å². The fourth-order valence-corrected chi connectivity index (χ4v) is 2.26. The van der Waals surface area contributed by atoms with E-state index in [0.29, 0.717) is 5.56 Å². The number of halogens is 1. The summed E-state index contributed by atoms with van der Waals surface area (Å²) in [4.78, 5) is 15.1. The molecule has 0 unspecified atom stereocenters. The Morgan fingerprint density at radius 3 is 2.43 bits per heavy atom. The van der Waals surface area contributed by atoms with Crippen molar-refractivity contribution >= 4 is 28.1 Å². The maximum Gasteiger partial charge on any atom is 1.00 e. The van der Waals surface area contributed by atoms with Crippen LogP contribution in [0.3, 0.4) is 0 Å². The minimum atomic E-state index is -1.18. The molecule has 0 N–H and O–H groups in total. The Kier molecular flexibility index (Phi) is 13.1. The van der Waals surface area contributed by atoms with Crippen molar-refractivity contribution in [2.45, 2.75) is 12.5 Å². The molecule has 0 aliphatic heterocycles. The minimum Gasteiger partial charge on any atom is -0.872 e. The van der Waals surface area contributed by atoms with Gasteiger partial charge in [-0.1, -0.05) is 58.1 Å². The van der Waals surface area contributed by atoms with Crippen LogP contribution in [0.15, 0.2) is 58.0 Å². The normalized spacial score (nSPS) is 11.3. The van der Waals surface area contributed by atoms with Crippen molar-refractivity contribution in [2.24, 2.45) is 4.99 Å². The largest absolute Gasteiger partial charge is 1.00 e. The third-order valence-corrected chi connectivity index (χ3v) is 3.40. The summed E-state index contributed by atoms with van der Waals surface area (Å²) in [6.45, 7) is 0. The second-order valence-electron chi connectivity index (χ2n) is 4.46. The molecule has 0 amide bonds. The second kappa shape index (κ2) is 12.5. The molecule has 23 heavy (non-hydrogen) atoms. The van der Waals surface area contributed by atoms with E-state index in [-0.39, 0.29) is 115 Å². The first-order chi connectivity index (χ1) is 10.1. The zero-order valence-electron chi connectivity index (χ0n) is 13.0. The zero-order valence-corrected chi connectivity index (χ0v) is 20.9. The molecule has 1 atom stereocenters. The maximum atomic E-state index is 11.7. The summed E-state index contributed by atoms with van der Waals surface area (Å²) in [5.74, 6) is -1.35. The molecule has 2 rings (SSSR count). The van der Waals surface area contributed by atoms with Crippen molar-refractivity contribution in [1.29, 1.82) is 0 Å². The number of nitrogens with zero attached hydrogens (tertiary/aromatic N) is 1. The van der Waals surface area contributed by atoms with Crippen LogP contribution in [0, 0.1) is 0 Å². The molecule has 2 aromatic carbocycles. The van der Waals surface area contributed by atoms with Gasteiger partial charge in [0.1, 0.15) is 0 Å². The van der Waals surface area contributed by atoms with Crippen molar-refractivity contribution in [3.8, 4) is 5.75 Å². The van der Waals surface area contributed by atoms with Gasteiger partial charge in [-0.2, -0.15) is 0 Å². The van der Waals surface area contributed by atoms with Gasteiger partial charge in [0.15, 0.2) is 0 Å². The summed E-state index contributed by atoms with van der Waals surface area (Å²) >= 11 is 3.28. The van der Waals surface area contributed by atoms with Crippen LogP contribution < -0.4 is 113 Å². The molecular formula is C16H12BrK2NO3. The molecule has 2 aromatic rings. The number of carbonyl (C=O) groups is 1.